The van der Waals surface area contributed by atoms with Crippen LogP contribution in [0.3, 0.4) is 0 Å². The summed E-state index contributed by atoms with van der Waals surface area (Å²) >= 11 is 1.35. The fraction of sp³-hybridized carbons (Fsp3) is 0.0833. The summed E-state index contributed by atoms with van der Waals surface area (Å²) in [7, 11) is 0. The van der Waals surface area contributed by atoms with E-state index in [9.17, 15) is 18.0 Å². The molecule has 1 aromatic carbocycles. The van der Waals surface area contributed by atoms with Crippen molar-refractivity contribution in [1.82, 2.24) is 0 Å². The zero-order valence-electron chi connectivity index (χ0n) is 8.54. The monoisotopic (exact) mass is 256 g/mol. The molecule has 1 aromatic heterocycles. The average Bonchev–Trinajstić information content (AvgIpc) is 2.78. The van der Waals surface area contributed by atoms with Crippen LogP contribution in [0.4, 0.5) is 13.2 Å². The maximum atomic E-state index is 13.3. The Balaban J connectivity index is 2.29. The van der Waals surface area contributed by atoms with E-state index in [1.807, 2.05) is 0 Å². The van der Waals surface area contributed by atoms with Crippen LogP contribution in [-0.2, 0) is 6.42 Å². The second kappa shape index (κ2) is 4.71. The van der Waals surface area contributed by atoms with E-state index in [1.165, 1.54) is 11.3 Å². The molecule has 0 aliphatic carbocycles. The first-order valence-electron chi connectivity index (χ1n) is 4.78. The molecule has 17 heavy (non-hydrogen) atoms. The van der Waals surface area contributed by atoms with Crippen LogP contribution in [0.1, 0.15) is 15.2 Å². The van der Waals surface area contributed by atoms with E-state index in [-0.39, 0.29) is 6.42 Å². The summed E-state index contributed by atoms with van der Waals surface area (Å²) in [5.41, 5.74) is -0.419. The minimum atomic E-state index is -1.61. The predicted octanol–water partition coefficient (Wildman–Crippen LogP) is 3.59. The molecule has 0 spiro atoms. The molecule has 0 aliphatic rings. The summed E-state index contributed by atoms with van der Waals surface area (Å²) < 4.78 is 38.9. The van der Waals surface area contributed by atoms with Crippen molar-refractivity contribution in [2.24, 2.45) is 0 Å². The number of thiophene rings is 1. The van der Waals surface area contributed by atoms with Gasteiger partial charge in [0.2, 0.25) is 0 Å². The maximum Gasteiger partial charge on any atom is 0.195 e. The van der Waals surface area contributed by atoms with E-state index >= 15 is 0 Å². The van der Waals surface area contributed by atoms with Gasteiger partial charge in [-0.1, -0.05) is 6.07 Å². The molecule has 0 saturated heterocycles. The third-order valence-electron chi connectivity index (χ3n) is 2.25. The minimum absolute atomic E-state index is 0.0142. The molecule has 0 amide bonds. The number of rotatable bonds is 3. The van der Waals surface area contributed by atoms with Gasteiger partial charge in [-0.2, -0.15) is 0 Å². The van der Waals surface area contributed by atoms with Gasteiger partial charge in [0.15, 0.2) is 23.2 Å². The van der Waals surface area contributed by atoms with Gasteiger partial charge in [-0.15, -0.1) is 11.3 Å². The molecule has 0 bridgehead atoms. The van der Waals surface area contributed by atoms with Crippen LogP contribution in [0.25, 0.3) is 0 Å². The van der Waals surface area contributed by atoms with Crippen molar-refractivity contribution in [3.8, 4) is 0 Å². The summed E-state index contributed by atoms with van der Waals surface area (Å²) in [6.45, 7) is 0. The summed E-state index contributed by atoms with van der Waals surface area (Å²) in [5, 5.41) is 1.78. The molecular formula is C12H7F3OS. The van der Waals surface area contributed by atoms with E-state index in [1.54, 1.807) is 17.5 Å². The minimum Gasteiger partial charge on any atom is -0.294 e. The van der Waals surface area contributed by atoms with Gasteiger partial charge < -0.3 is 0 Å². The van der Waals surface area contributed by atoms with Gasteiger partial charge in [-0.05, 0) is 23.6 Å². The molecule has 1 heterocycles. The molecule has 2 rings (SSSR count). The SMILES string of the molecule is O=C(Cc1cccs1)c1ccc(F)c(F)c1F. The lowest BCUT2D eigenvalue weighted by Gasteiger charge is -2.02. The molecule has 0 N–H and O–H groups in total. The lowest BCUT2D eigenvalue weighted by molar-refractivity contribution is 0.0988. The van der Waals surface area contributed by atoms with Gasteiger partial charge in [-0.25, -0.2) is 13.2 Å². The Morgan fingerprint density at radius 1 is 1.12 bits per heavy atom. The second-order valence-electron chi connectivity index (χ2n) is 3.40. The molecule has 0 aliphatic heterocycles. The first-order chi connectivity index (χ1) is 8.09. The third-order valence-corrected chi connectivity index (χ3v) is 3.13. The van der Waals surface area contributed by atoms with E-state index in [2.05, 4.69) is 0 Å². The van der Waals surface area contributed by atoms with Gasteiger partial charge >= 0.3 is 0 Å². The standard InChI is InChI=1S/C12H7F3OS/c13-9-4-3-8(11(14)12(9)15)10(16)6-7-2-1-5-17-7/h1-5H,6H2. The van der Waals surface area contributed by atoms with Gasteiger partial charge in [-0.3, -0.25) is 4.79 Å². The van der Waals surface area contributed by atoms with Crippen molar-refractivity contribution >= 4 is 17.1 Å². The van der Waals surface area contributed by atoms with E-state index in [4.69, 9.17) is 0 Å². The summed E-state index contributed by atoms with van der Waals surface area (Å²) in [4.78, 5) is 12.4. The molecule has 0 radical (unpaired) electrons. The number of hydrogen-bond acceptors (Lipinski definition) is 2. The number of carbonyl (C=O) groups excluding carboxylic acids is 1. The summed E-state index contributed by atoms with van der Waals surface area (Å²) in [5.74, 6) is -4.90. The number of benzene rings is 1. The van der Waals surface area contributed by atoms with Crippen LogP contribution < -0.4 is 0 Å². The number of Topliss-reactive ketones (excluding diaryl/α,β-unsaturated/α-hetero) is 1. The van der Waals surface area contributed by atoms with E-state index < -0.39 is 28.8 Å². The van der Waals surface area contributed by atoms with Crippen molar-refractivity contribution in [2.45, 2.75) is 6.42 Å². The van der Waals surface area contributed by atoms with Crippen molar-refractivity contribution < 1.29 is 18.0 Å². The van der Waals surface area contributed by atoms with Crippen molar-refractivity contribution in [2.75, 3.05) is 0 Å². The third kappa shape index (κ3) is 2.39. The maximum absolute atomic E-state index is 13.3. The fourth-order valence-corrected chi connectivity index (χ4v) is 2.11. The Morgan fingerprint density at radius 3 is 2.53 bits per heavy atom. The number of hydrogen-bond donors (Lipinski definition) is 0. The molecule has 0 fully saturated rings. The zero-order valence-corrected chi connectivity index (χ0v) is 9.36. The topological polar surface area (TPSA) is 17.1 Å². The molecular weight excluding hydrogens is 249 g/mol. The van der Waals surface area contributed by atoms with Crippen LogP contribution in [0.5, 0.6) is 0 Å². The molecule has 0 unspecified atom stereocenters. The Kier molecular flexibility index (Phi) is 3.28. The summed E-state index contributed by atoms with van der Waals surface area (Å²) in [6, 6.07) is 5.19. The number of carbonyl (C=O) groups is 1. The smallest absolute Gasteiger partial charge is 0.195 e. The van der Waals surface area contributed by atoms with Crippen LogP contribution in [0.2, 0.25) is 0 Å². The Labute approximate surface area is 99.5 Å². The Hall–Kier alpha value is -1.62. The van der Waals surface area contributed by atoms with E-state index in [0.29, 0.717) is 0 Å². The van der Waals surface area contributed by atoms with Crippen LogP contribution >= 0.6 is 11.3 Å². The van der Waals surface area contributed by atoms with Gasteiger partial charge in [0.1, 0.15) is 0 Å². The first-order valence-corrected chi connectivity index (χ1v) is 5.66. The number of ketones is 1. The highest BCUT2D eigenvalue weighted by atomic mass is 32.1. The quantitative estimate of drug-likeness (QED) is 0.606. The lowest BCUT2D eigenvalue weighted by Crippen LogP contribution is -2.07. The Morgan fingerprint density at radius 2 is 1.88 bits per heavy atom. The average molecular weight is 256 g/mol. The first kappa shape index (κ1) is 11.9. The zero-order chi connectivity index (χ0) is 12.4. The van der Waals surface area contributed by atoms with Crippen LogP contribution in [0.15, 0.2) is 29.6 Å². The van der Waals surface area contributed by atoms with Gasteiger partial charge in [0.25, 0.3) is 0 Å². The van der Waals surface area contributed by atoms with E-state index in [0.717, 1.165) is 17.0 Å². The predicted molar refractivity (Wildman–Crippen MR) is 58.7 cm³/mol. The highest BCUT2D eigenvalue weighted by molar-refractivity contribution is 7.10. The van der Waals surface area contributed by atoms with Gasteiger partial charge in [0.05, 0.1) is 5.56 Å². The molecule has 0 atom stereocenters. The largest absolute Gasteiger partial charge is 0.294 e. The molecule has 2 aromatic rings. The molecule has 0 saturated carbocycles. The Bertz CT molecular complexity index is 549. The van der Waals surface area contributed by atoms with Crippen molar-refractivity contribution in [3.63, 3.8) is 0 Å². The normalized spacial score (nSPS) is 10.5. The highest BCUT2D eigenvalue weighted by Crippen LogP contribution is 2.18. The number of halogens is 3. The molecule has 88 valence electrons. The fourth-order valence-electron chi connectivity index (χ4n) is 1.41. The highest BCUT2D eigenvalue weighted by Gasteiger charge is 2.18. The lowest BCUT2D eigenvalue weighted by atomic mass is 10.1. The van der Waals surface area contributed by atoms with Crippen LogP contribution in [0, 0.1) is 17.5 Å². The second-order valence-corrected chi connectivity index (χ2v) is 4.43. The van der Waals surface area contributed by atoms with Crippen LogP contribution in [-0.4, -0.2) is 5.78 Å². The molecule has 5 heteroatoms. The molecule has 1 nitrogen and oxygen atoms in total. The summed E-state index contributed by atoms with van der Waals surface area (Å²) in [6.07, 6.45) is -0.0142. The van der Waals surface area contributed by atoms with Gasteiger partial charge in [0, 0.05) is 11.3 Å². The van der Waals surface area contributed by atoms with Crippen molar-refractivity contribution in [3.05, 3.63) is 57.5 Å². The van der Waals surface area contributed by atoms with Crippen molar-refractivity contribution in [1.29, 1.82) is 0 Å².